The van der Waals surface area contributed by atoms with Crippen molar-refractivity contribution in [3.8, 4) is 22.6 Å². The van der Waals surface area contributed by atoms with E-state index in [1.54, 1.807) is 0 Å². The van der Waals surface area contributed by atoms with Crippen molar-refractivity contribution in [2.24, 2.45) is 5.18 Å². The molecule has 0 atom stereocenters. The maximum Gasteiger partial charge on any atom is 0.153 e. The van der Waals surface area contributed by atoms with Gasteiger partial charge in [0.15, 0.2) is 17.7 Å². The number of aromatic hydroxyl groups is 1. The molecule has 5 nitrogen and oxygen atoms in total. The minimum Gasteiger partial charge on any atom is -0.507 e. The van der Waals surface area contributed by atoms with Crippen molar-refractivity contribution in [2.45, 2.75) is 13.5 Å². The van der Waals surface area contributed by atoms with Crippen LogP contribution >= 0.6 is 0 Å². The number of aldehydes is 1. The summed E-state index contributed by atoms with van der Waals surface area (Å²) in [6.45, 7) is 2.21. The van der Waals surface area contributed by atoms with Crippen molar-refractivity contribution in [3.63, 3.8) is 0 Å². The highest BCUT2D eigenvalue weighted by Gasteiger charge is 2.12. The molecule has 0 aliphatic carbocycles. The molecule has 0 aromatic heterocycles. The van der Waals surface area contributed by atoms with E-state index in [2.05, 4.69) is 5.18 Å². The molecule has 0 bridgehead atoms. The second-order valence-electron chi connectivity index (χ2n) is 5.83. The lowest BCUT2D eigenvalue weighted by atomic mass is 9.97. The first-order valence-corrected chi connectivity index (χ1v) is 8.06. The monoisotopic (exact) mass is 347 g/mol. The van der Waals surface area contributed by atoms with Crippen molar-refractivity contribution in [1.29, 1.82) is 0 Å². The lowest BCUT2D eigenvalue weighted by Crippen LogP contribution is -2.00. The molecule has 0 saturated carbocycles. The Balaban J connectivity index is 1.88. The van der Waals surface area contributed by atoms with Gasteiger partial charge in [-0.1, -0.05) is 48.5 Å². The number of phenolic OH excluding ortho intramolecular Hbond substituents is 1. The quantitative estimate of drug-likeness (QED) is 0.494. The van der Waals surface area contributed by atoms with Gasteiger partial charge in [-0.3, -0.25) is 4.79 Å². The summed E-state index contributed by atoms with van der Waals surface area (Å²) < 4.78 is 5.70. The van der Waals surface area contributed by atoms with E-state index < -0.39 is 0 Å². The number of hydrogen-bond donors (Lipinski definition) is 1. The van der Waals surface area contributed by atoms with E-state index in [-0.39, 0.29) is 29.4 Å². The van der Waals surface area contributed by atoms with Crippen molar-refractivity contribution >= 4 is 12.0 Å². The van der Waals surface area contributed by atoms with Gasteiger partial charge in [0, 0.05) is 6.07 Å². The summed E-state index contributed by atoms with van der Waals surface area (Å²) in [5.74, 6) is -0.121. The minimum atomic E-state index is -0.253. The first kappa shape index (κ1) is 17.4. The van der Waals surface area contributed by atoms with E-state index in [4.69, 9.17) is 4.74 Å². The Morgan fingerprint density at radius 2 is 1.85 bits per heavy atom. The van der Waals surface area contributed by atoms with Gasteiger partial charge in [-0.15, -0.1) is 4.91 Å². The molecule has 0 saturated heterocycles. The van der Waals surface area contributed by atoms with E-state index in [0.717, 1.165) is 22.3 Å². The normalized spacial score (nSPS) is 10.3. The highest BCUT2D eigenvalue weighted by Crippen LogP contribution is 2.35. The molecule has 0 fully saturated rings. The second-order valence-corrected chi connectivity index (χ2v) is 5.83. The highest BCUT2D eigenvalue weighted by atomic mass is 16.5. The Morgan fingerprint density at radius 3 is 2.54 bits per heavy atom. The topological polar surface area (TPSA) is 76.0 Å². The number of nitrogens with zero attached hydrogens (tertiary/aromatic N) is 1. The lowest BCUT2D eigenvalue weighted by molar-refractivity contribution is 0.112. The van der Waals surface area contributed by atoms with Gasteiger partial charge >= 0.3 is 0 Å². The Bertz CT molecular complexity index is 952. The summed E-state index contributed by atoms with van der Waals surface area (Å²) in [6.07, 6.45) is 0.460. The molecule has 3 rings (SSSR count). The van der Waals surface area contributed by atoms with Gasteiger partial charge in [0.1, 0.15) is 12.4 Å². The first-order valence-electron chi connectivity index (χ1n) is 8.06. The van der Waals surface area contributed by atoms with Crippen LogP contribution in [0.2, 0.25) is 0 Å². The number of carbonyl (C=O) groups is 1. The van der Waals surface area contributed by atoms with Crippen molar-refractivity contribution < 1.29 is 14.6 Å². The number of ether oxygens (including phenoxy) is 1. The van der Waals surface area contributed by atoms with Crippen LogP contribution in [0.15, 0.2) is 65.8 Å². The zero-order chi connectivity index (χ0) is 18.5. The van der Waals surface area contributed by atoms with Crippen LogP contribution in [0.25, 0.3) is 11.1 Å². The fraction of sp³-hybridized carbons (Fsp3) is 0.0952. The SMILES string of the molecule is Cc1c(COc2cc(O)c(C=O)cc2N=O)cccc1-c1ccccc1. The molecular weight excluding hydrogens is 330 g/mol. The lowest BCUT2D eigenvalue weighted by Gasteiger charge is -2.14. The maximum atomic E-state index is 11.0. The average molecular weight is 347 g/mol. The number of nitroso groups, excluding NO2 is 1. The molecule has 130 valence electrons. The van der Waals surface area contributed by atoms with Gasteiger partial charge < -0.3 is 9.84 Å². The molecule has 0 heterocycles. The molecule has 0 spiro atoms. The number of benzene rings is 3. The highest BCUT2D eigenvalue weighted by molar-refractivity contribution is 5.82. The van der Waals surface area contributed by atoms with Crippen molar-refractivity contribution in [2.75, 3.05) is 0 Å². The molecule has 3 aromatic carbocycles. The van der Waals surface area contributed by atoms with Crippen LogP contribution in [-0.2, 0) is 6.61 Å². The molecule has 0 aliphatic heterocycles. The number of rotatable bonds is 6. The first-order chi connectivity index (χ1) is 12.6. The molecule has 0 unspecified atom stereocenters. The summed E-state index contributed by atoms with van der Waals surface area (Å²) in [5, 5.41) is 12.7. The zero-order valence-corrected chi connectivity index (χ0v) is 14.2. The van der Waals surface area contributed by atoms with Crippen LogP contribution in [0.1, 0.15) is 21.5 Å². The van der Waals surface area contributed by atoms with Crippen LogP contribution in [-0.4, -0.2) is 11.4 Å². The Kier molecular flexibility index (Phi) is 5.08. The van der Waals surface area contributed by atoms with Gasteiger partial charge in [0.05, 0.1) is 5.56 Å². The van der Waals surface area contributed by atoms with Gasteiger partial charge in [-0.25, -0.2) is 0 Å². The van der Waals surface area contributed by atoms with Crippen LogP contribution in [0.3, 0.4) is 0 Å². The second kappa shape index (κ2) is 7.61. The fourth-order valence-electron chi connectivity index (χ4n) is 2.78. The summed E-state index contributed by atoms with van der Waals surface area (Å²) in [4.78, 5) is 21.9. The molecule has 0 radical (unpaired) electrons. The Hall–Kier alpha value is -3.47. The van der Waals surface area contributed by atoms with Gasteiger partial charge in [0.2, 0.25) is 0 Å². The molecule has 5 heteroatoms. The van der Waals surface area contributed by atoms with Gasteiger partial charge in [-0.05, 0) is 40.4 Å². The fourth-order valence-corrected chi connectivity index (χ4v) is 2.78. The minimum absolute atomic E-state index is 0.00537. The largest absolute Gasteiger partial charge is 0.507 e. The standard InChI is InChI=1S/C21H17NO4/c1-14-16(8-5-9-18(14)15-6-3-2-4-7-15)13-26-21-11-20(24)17(12-23)10-19(21)22-25/h2-12,24H,13H2,1H3. The molecule has 0 amide bonds. The Morgan fingerprint density at radius 1 is 1.08 bits per heavy atom. The number of phenols is 1. The summed E-state index contributed by atoms with van der Waals surface area (Å²) in [7, 11) is 0. The third kappa shape index (κ3) is 3.47. The number of hydrogen-bond acceptors (Lipinski definition) is 5. The van der Waals surface area contributed by atoms with Crippen LogP contribution < -0.4 is 4.74 Å². The van der Waals surface area contributed by atoms with Gasteiger partial charge in [-0.2, -0.15) is 0 Å². The maximum absolute atomic E-state index is 11.0. The molecule has 0 aliphatic rings. The molecule has 3 aromatic rings. The van der Waals surface area contributed by atoms with E-state index in [1.165, 1.54) is 12.1 Å². The smallest absolute Gasteiger partial charge is 0.153 e. The summed E-state index contributed by atoms with van der Waals surface area (Å²) >= 11 is 0. The molecule has 1 N–H and O–H groups in total. The summed E-state index contributed by atoms with van der Waals surface area (Å²) in [6, 6.07) is 18.4. The van der Waals surface area contributed by atoms with Crippen LogP contribution in [0.4, 0.5) is 5.69 Å². The van der Waals surface area contributed by atoms with Crippen molar-refractivity contribution in [1.82, 2.24) is 0 Å². The number of carbonyl (C=O) groups excluding carboxylic acids is 1. The van der Waals surface area contributed by atoms with E-state index in [0.29, 0.717) is 6.29 Å². The Labute approximate surface area is 150 Å². The van der Waals surface area contributed by atoms with Crippen molar-refractivity contribution in [3.05, 3.63) is 82.3 Å². The summed E-state index contributed by atoms with van der Waals surface area (Å²) in [5.41, 5.74) is 4.18. The van der Waals surface area contributed by atoms with E-state index in [1.807, 2.05) is 55.5 Å². The predicted octanol–water partition coefficient (Wildman–Crippen LogP) is 5.16. The van der Waals surface area contributed by atoms with Crippen LogP contribution in [0, 0.1) is 11.8 Å². The molecule has 26 heavy (non-hydrogen) atoms. The third-order valence-electron chi connectivity index (χ3n) is 4.25. The average Bonchev–Trinajstić information content (AvgIpc) is 2.68. The van der Waals surface area contributed by atoms with E-state index >= 15 is 0 Å². The zero-order valence-electron chi connectivity index (χ0n) is 14.2. The van der Waals surface area contributed by atoms with Gasteiger partial charge in [0.25, 0.3) is 0 Å². The third-order valence-corrected chi connectivity index (χ3v) is 4.25. The molecular formula is C21H17NO4. The predicted molar refractivity (Wildman–Crippen MR) is 99.9 cm³/mol. The van der Waals surface area contributed by atoms with E-state index in [9.17, 15) is 14.8 Å². The van der Waals surface area contributed by atoms with Crippen LogP contribution in [0.5, 0.6) is 11.5 Å².